The van der Waals surface area contributed by atoms with Gasteiger partial charge in [-0.3, -0.25) is 9.48 Å². The Morgan fingerprint density at radius 1 is 1.31 bits per heavy atom. The lowest BCUT2D eigenvalue weighted by Gasteiger charge is -2.21. The van der Waals surface area contributed by atoms with Crippen LogP contribution in [-0.2, 0) is 17.8 Å². The predicted molar refractivity (Wildman–Crippen MR) is 116 cm³/mol. The van der Waals surface area contributed by atoms with Crippen LogP contribution in [0.3, 0.4) is 0 Å². The van der Waals surface area contributed by atoms with Crippen LogP contribution in [0.5, 0.6) is 5.75 Å². The van der Waals surface area contributed by atoms with E-state index < -0.39 is 6.61 Å². The molecule has 32 heavy (non-hydrogen) atoms. The van der Waals surface area contributed by atoms with Crippen molar-refractivity contribution in [1.29, 1.82) is 0 Å². The molecule has 0 saturated carbocycles. The number of rotatable bonds is 11. The number of ether oxygens (including phenoxy) is 1. The molecule has 0 saturated heterocycles. The highest BCUT2D eigenvalue weighted by atomic mass is 19.3. The summed E-state index contributed by atoms with van der Waals surface area (Å²) in [7, 11) is 1.93. The third-order valence-corrected chi connectivity index (χ3v) is 4.92. The van der Waals surface area contributed by atoms with Crippen LogP contribution in [0, 0.1) is 0 Å². The number of benzene rings is 1. The number of likely N-dealkylation sites (N-methyl/N-ethyl adjacent to an activating group) is 1. The quantitative estimate of drug-likeness (QED) is 0.373. The van der Waals surface area contributed by atoms with Crippen molar-refractivity contribution in [2.75, 3.05) is 31.6 Å². The molecule has 5 N–H and O–H groups in total. The van der Waals surface area contributed by atoms with Gasteiger partial charge in [-0.05, 0) is 32.0 Å². The molecule has 2 aromatic heterocycles. The van der Waals surface area contributed by atoms with Gasteiger partial charge in [0.1, 0.15) is 16.8 Å². The first-order valence-electron chi connectivity index (χ1n) is 9.96. The van der Waals surface area contributed by atoms with Gasteiger partial charge in [-0.25, -0.2) is 4.98 Å². The predicted octanol–water partition coefficient (Wildman–Crippen LogP) is 1.25. The van der Waals surface area contributed by atoms with Gasteiger partial charge in [-0.2, -0.15) is 18.9 Å². The third-order valence-electron chi connectivity index (χ3n) is 4.92. The monoisotopic (exact) mass is 448 g/mol. The SMILES string of the molecule is C[C@H](CN(C)CCc1ccc(Cn2ncc3nc(N)nc(N)c32)c(OC(F)F)c1)NC=O. The molecule has 0 aliphatic heterocycles. The van der Waals surface area contributed by atoms with E-state index in [1.165, 1.54) is 10.9 Å². The van der Waals surface area contributed by atoms with Crippen molar-refractivity contribution in [3.05, 3.63) is 35.5 Å². The number of hydrogen-bond donors (Lipinski definition) is 3. The zero-order valence-corrected chi connectivity index (χ0v) is 17.8. The first-order valence-corrected chi connectivity index (χ1v) is 9.96. The van der Waals surface area contributed by atoms with Gasteiger partial charge in [0.15, 0.2) is 5.82 Å². The maximum atomic E-state index is 13.1. The molecule has 12 heteroatoms. The standard InChI is InChI=1S/C20H26F2N8O2/c1-12(25-11-31)9-29(2)6-5-13-3-4-14(16(7-13)32-19(21)22)10-30-17-15(8-26-30)27-20(24)28-18(17)23/h3-4,7-8,11-12,19H,5-6,9-10H2,1-2H3,(H,25,31)(H4,23,24,27,28)/t12-/m1/s1. The average molecular weight is 448 g/mol. The molecule has 1 amide bonds. The minimum atomic E-state index is -2.97. The topological polar surface area (TPSA) is 137 Å². The molecule has 172 valence electrons. The second kappa shape index (κ2) is 10.2. The molecular weight excluding hydrogens is 422 g/mol. The van der Waals surface area contributed by atoms with Crippen molar-refractivity contribution in [1.82, 2.24) is 30.0 Å². The number of carbonyl (C=O) groups is 1. The van der Waals surface area contributed by atoms with Crippen molar-refractivity contribution in [3.63, 3.8) is 0 Å². The largest absolute Gasteiger partial charge is 0.434 e. The lowest BCUT2D eigenvalue weighted by Crippen LogP contribution is -2.37. The molecule has 0 bridgehead atoms. The van der Waals surface area contributed by atoms with E-state index in [4.69, 9.17) is 16.2 Å². The maximum Gasteiger partial charge on any atom is 0.387 e. The fourth-order valence-corrected chi connectivity index (χ4v) is 3.47. The molecule has 3 aromatic rings. The van der Waals surface area contributed by atoms with Crippen LogP contribution in [0.25, 0.3) is 11.0 Å². The summed E-state index contributed by atoms with van der Waals surface area (Å²) in [6.45, 7) is 0.413. The Hall–Kier alpha value is -3.54. The van der Waals surface area contributed by atoms with E-state index in [0.717, 1.165) is 5.56 Å². The molecule has 0 spiro atoms. The van der Waals surface area contributed by atoms with Crippen molar-refractivity contribution in [2.45, 2.75) is 32.5 Å². The minimum absolute atomic E-state index is 0.00765. The fraction of sp³-hybridized carbons (Fsp3) is 0.400. The summed E-state index contributed by atoms with van der Waals surface area (Å²) in [5, 5.41) is 6.93. The van der Waals surface area contributed by atoms with Crippen LogP contribution in [0.2, 0.25) is 0 Å². The Morgan fingerprint density at radius 3 is 2.81 bits per heavy atom. The number of nitrogens with one attached hydrogen (secondary N) is 1. The van der Waals surface area contributed by atoms with Crippen LogP contribution in [-0.4, -0.2) is 63.8 Å². The van der Waals surface area contributed by atoms with Crippen molar-refractivity contribution >= 4 is 29.2 Å². The number of anilines is 2. The third kappa shape index (κ3) is 5.78. The van der Waals surface area contributed by atoms with Crippen LogP contribution < -0.4 is 21.5 Å². The highest BCUT2D eigenvalue weighted by Gasteiger charge is 2.16. The highest BCUT2D eigenvalue weighted by molar-refractivity contribution is 5.85. The van der Waals surface area contributed by atoms with Crippen molar-refractivity contribution < 1.29 is 18.3 Å². The summed E-state index contributed by atoms with van der Waals surface area (Å²) in [5.74, 6) is 0.246. The summed E-state index contributed by atoms with van der Waals surface area (Å²) in [6, 6.07) is 5.20. The van der Waals surface area contributed by atoms with Gasteiger partial charge in [-0.1, -0.05) is 12.1 Å². The molecule has 0 unspecified atom stereocenters. The number of nitrogen functional groups attached to an aromatic ring is 2. The molecule has 0 radical (unpaired) electrons. The van der Waals surface area contributed by atoms with E-state index in [1.807, 2.05) is 24.9 Å². The van der Waals surface area contributed by atoms with E-state index in [-0.39, 0.29) is 30.1 Å². The molecule has 2 heterocycles. The van der Waals surface area contributed by atoms with Crippen LogP contribution in [0.4, 0.5) is 20.5 Å². The second-order valence-electron chi connectivity index (χ2n) is 7.52. The summed E-state index contributed by atoms with van der Waals surface area (Å²) in [4.78, 5) is 20.6. The summed E-state index contributed by atoms with van der Waals surface area (Å²) >= 11 is 0. The normalized spacial score (nSPS) is 12.4. The molecule has 10 nitrogen and oxygen atoms in total. The first kappa shape index (κ1) is 23.1. The van der Waals surface area contributed by atoms with E-state index in [9.17, 15) is 13.6 Å². The number of alkyl halides is 2. The Morgan fingerprint density at radius 2 is 2.09 bits per heavy atom. The number of aromatic nitrogens is 4. The van der Waals surface area contributed by atoms with E-state index in [2.05, 4.69) is 20.4 Å². The summed E-state index contributed by atoms with van der Waals surface area (Å²) in [5.41, 5.74) is 13.8. The van der Waals surface area contributed by atoms with Gasteiger partial charge >= 0.3 is 6.61 Å². The molecule has 0 aliphatic carbocycles. The Kier molecular flexibility index (Phi) is 7.36. The number of amides is 1. The molecule has 1 atom stereocenters. The fourth-order valence-electron chi connectivity index (χ4n) is 3.47. The van der Waals surface area contributed by atoms with Gasteiger partial charge in [0.05, 0.1) is 12.7 Å². The van der Waals surface area contributed by atoms with Crippen molar-refractivity contribution in [2.24, 2.45) is 0 Å². The van der Waals surface area contributed by atoms with Gasteiger partial charge in [0, 0.05) is 24.7 Å². The van der Waals surface area contributed by atoms with Gasteiger partial charge in [-0.15, -0.1) is 0 Å². The zero-order chi connectivity index (χ0) is 23.3. The number of fused-ring (bicyclic) bond motifs is 1. The Balaban J connectivity index is 1.78. The number of carbonyl (C=O) groups excluding carboxylic acids is 1. The van der Waals surface area contributed by atoms with Gasteiger partial charge in [0.2, 0.25) is 12.4 Å². The minimum Gasteiger partial charge on any atom is -0.434 e. The molecule has 0 aliphatic rings. The van der Waals surface area contributed by atoms with Crippen molar-refractivity contribution in [3.8, 4) is 5.75 Å². The van der Waals surface area contributed by atoms with E-state index in [1.54, 1.807) is 12.1 Å². The number of nitrogens with two attached hydrogens (primary N) is 2. The lowest BCUT2D eigenvalue weighted by molar-refractivity contribution is -0.110. The Labute approximate surface area is 183 Å². The van der Waals surface area contributed by atoms with E-state index >= 15 is 0 Å². The average Bonchev–Trinajstić information content (AvgIpc) is 3.10. The second-order valence-corrected chi connectivity index (χ2v) is 7.52. The molecule has 3 rings (SSSR count). The maximum absolute atomic E-state index is 13.1. The van der Waals surface area contributed by atoms with E-state index in [0.29, 0.717) is 42.5 Å². The van der Waals surface area contributed by atoms with Crippen LogP contribution in [0.15, 0.2) is 24.4 Å². The number of halogens is 2. The highest BCUT2D eigenvalue weighted by Crippen LogP contribution is 2.26. The summed E-state index contributed by atoms with van der Waals surface area (Å²) < 4.78 is 32.4. The first-order chi connectivity index (χ1) is 15.3. The Bertz CT molecular complexity index is 1080. The lowest BCUT2D eigenvalue weighted by atomic mass is 10.1. The van der Waals surface area contributed by atoms with Gasteiger partial charge in [0.25, 0.3) is 0 Å². The smallest absolute Gasteiger partial charge is 0.387 e. The van der Waals surface area contributed by atoms with Crippen LogP contribution in [0.1, 0.15) is 18.1 Å². The van der Waals surface area contributed by atoms with Crippen LogP contribution >= 0.6 is 0 Å². The molecular formula is C20H26F2N8O2. The number of nitrogens with zero attached hydrogens (tertiary/aromatic N) is 5. The number of hydrogen-bond acceptors (Lipinski definition) is 8. The molecule has 0 fully saturated rings. The summed E-state index contributed by atoms with van der Waals surface area (Å²) in [6.07, 6.45) is 2.78. The van der Waals surface area contributed by atoms with Gasteiger partial charge < -0.3 is 26.4 Å². The molecule has 1 aromatic carbocycles. The zero-order valence-electron chi connectivity index (χ0n) is 17.8.